The second-order valence-corrected chi connectivity index (χ2v) is 0.105. The molecule has 0 heterocycles. The van der Waals surface area contributed by atoms with Crippen LogP contribution in [0.1, 0.15) is 0 Å². The van der Waals surface area contributed by atoms with Crippen LogP contribution in [-0.4, -0.2) is 11.6 Å². The van der Waals surface area contributed by atoms with Crippen LogP contribution in [0.25, 0.3) is 0 Å². The Balaban J connectivity index is 0. The van der Waals surface area contributed by atoms with E-state index in [2.05, 4.69) is 0 Å². The Morgan fingerprint density at radius 3 is 1.75 bits per heavy atom. The SMILES string of the molecule is O=CO.[Sm]. The van der Waals surface area contributed by atoms with Crippen molar-refractivity contribution in [1.29, 1.82) is 0 Å². The molecule has 1 N–H and O–H groups in total. The number of carboxylic acid groups (broad SMARTS) is 1. The van der Waals surface area contributed by atoms with Crippen molar-refractivity contribution in [3.63, 3.8) is 0 Å². The van der Waals surface area contributed by atoms with Gasteiger partial charge in [0.2, 0.25) is 0 Å². The van der Waals surface area contributed by atoms with Crippen LogP contribution in [-0.2, 0) is 4.79 Å². The minimum Gasteiger partial charge on any atom is -0.483 e. The molecule has 0 aromatic heterocycles. The van der Waals surface area contributed by atoms with Crippen molar-refractivity contribution in [3.05, 3.63) is 0 Å². The summed E-state index contributed by atoms with van der Waals surface area (Å²) >= 11 is 0. The monoisotopic (exact) mass is 198 g/mol. The van der Waals surface area contributed by atoms with Crippen LogP contribution in [0, 0.1) is 40.4 Å². The van der Waals surface area contributed by atoms with E-state index in [1.165, 1.54) is 0 Å². The van der Waals surface area contributed by atoms with Crippen molar-refractivity contribution in [2.45, 2.75) is 0 Å². The topological polar surface area (TPSA) is 37.3 Å². The van der Waals surface area contributed by atoms with E-state index in [4.69, 9.17) is 9.90 Å². The Hall–Kier alpha value is 0.808. The summed E-state index contributed by atoms with van der Waals surface area (Å²) in [5.41, 5.74) is 0. The van der Waals surface area contributed by atoms with Crippen molar-refractivity contribution in [1.82, 2.24) is 0 Å². The van der Waals surface area contributed by atoms with E-state index >= 15 is 0 Å². The molecular formula is CH2O2Sm. The first-order valence-corrected chi connectivity index (χ1v) is 0.494. The minimum absolute atomic E-state index is 0. The number of hydrogen-bond acceptors (Lipinski definition) is 1. The second kappa shape index (κ2) is 9.19. The summed E-state index contributed by atoms with van der Waals surface area (Å²) in [7, 11) is 0. The molecule has 0 aliphatic rings. The van der Waals surface area contributed by atoms with E-state index in [1.54, 1.807) is 0 Å². The van der Waals surface area contributed by atoms with Gasteiger partial charge in [-0.1, -0.05) is 0 Å². The third kappa shape index (κ3) is 14.1. The first-order valence-electron chi connectivity index (χ1n) is 0.494. The fourth-order valence-corrected chi connectivity index (χ4v) is 0. The molecule has 0 aliphatic heterocycles. The average molecular weight is 196 g/mol. The van der Waals surface area contributed by atoms with Crippen molar-refractivity contribution in [2.24, 2.45) is 0 Å². The van der Waals surface area contributed by atoms with Crippen LogP contribution in [0.2, 0.25) is 0 Å². The van der Waals surface area contributed by atoms with E-state index < -0.39 is 0 Å². The zero-order valence-electron chi connectivity index (χ0n) is 1.84. The van der Waals surface area contributed by atoms with Crippen molar-refractivity contribution in [2.75, 3.05) is 0 Å². The van der Waals surface area contributed by atoms with Crippen molar-refractivity contribution in [3.8, 4) is 0 Å². The maximum atomic E-state index is 8.36. The molecule has 0 bridgehead atoms. The third-order valence-corrected chi connectivity index (χ3v) is 0. The van der Waals surface area contributed by atoms with Gasteiger partial charge in [0.25, 0.3) is 6.47 Å². The zero-order chi connectivity index (χ0) is 2.71. The minimum atomic E-state index is -0.250. The maximum Gasteiger partial charge on any atom is 0.290 e. The number of carbonyl (C=O) groups is 1. The van der Waals surface area contributed by atoms with E-state index in [9.17, 15) is 0 Å². The summed E-state index contributed by atoms with van der Waals surface area (Å²) < 4.78 is 0. The fourth-order valence-electron chi connectivity index (χ4n) is 0. The molecule has 2 nitrogen and oxygen atoms in total. The van der Waals surface area contributed by atoms with Gasteiger partial charge in [0.15, 0.2) is 0 Å². The van der Waals surface area contributed by atoms with Crippen LogP contribution >= 0.6 is 0 Å². The maximum absolute atomic E-state index is 8.36. The second-order valence-electron chi connectivity index (χ2n) is 0.105. The Morgan fingerprint density at radius 2 is 1.75 bits per heavy atom. The van der Waals surface area contributed by atoms with Gasteiger partial charge in [-0.2, -0.15) is 0 Å². The average Bonchev–Trinajstić information content (AvgIpc) is 0.918. The Labute approximate surface area is 56.3 Å². The van der Waals surface area contributed by atoms with Crippen molar-refractivity contribution < 1.29 is 50.3 Å². The molecule has 0 radical (unpaired) electrons. The quantitative estimate of drug-likeness (QED) is 0.540. The summed E-state index contributed by atoms with van der Waals surface area (Å²) in [5.74, 6) is 0. The molecule has 0 aromatic rings. The van der Waals surface area contributed by atoms with Gasteiger partial charge in [-0.3, -0.25) is 4.79 Å². The van der Waals surface area contributed by atoms with Crippen LogP contribution in [0.3, 0.4) is 0 Å². The normalized spacial score (nSPS) is 3.00. The Kier molecular flexibility index (Phi) is 20.3. The smallest absolute Gasteiger partial charge is 0.290 e. The molecule has 0 spiro atoms. The molecule has 0 aliphatic carbocycles. The largest absolute Gasteiger partial charge is 0.483 e. The number of rotatable bonds is 0. The predicted octanol–water partition coefficient (Wildman–Crippen LogP) is -0.299. The summed E-state index contributed by atoms with van der Waals surface area (Å²) in [6.45, 7) is -0.250. The van der Waals surface area contributed by atoms with Gasteiger partial charge in [-0.15, -0.1) is 0 Å². The molecule has 0 aromatic carbocycles. The molecule has 0 fully saturated rings. The molecule has 4 heavy (non-hydrogen) atoms. The molecule has 3 heteroatoms. The molecule has 0 amide bonds. The summed E-state index contributed by atoms with van der Waals surface area (Å²) in [6, 6.07) is 0. The van der Waals surface area contributed by atoms with E-state index in [1.807, 2.05) is 0 Å². The van der Waals surface area contributed by atoms with Gasteiger partial charge in [0, 0.05) is 40.4 Å². The van der Waals surface area contributed by atoms with Crippen LogP contribution < -0.4 is 0 Å². The van der Waals surface area contributed by atoms with Gasteiger partial charge in [-0.25, -0.2) is 0 Å². The van der Waals surface area contributed by atoms with E-state index in [0.717, 1.165) is 0 Å². The molecule has 0 saturated heterocycles. The summed E-state index contributed by atoms with van der Waals surface area (Å²) in [4.78, 5) is 8.36. The number of hydrogen-bond donors (Lipinski definition) is 1. The molecular weight excluding hydrogens is 194 g/mol. The Morgan fingerprint density at radius 1 is 1.75 bits per heavy atom. The fraction of sp³-hybridized carbons (Fsp3) is 0. The molecule has 0 saturated carbocycles. The van der Waals surface area contributed by atoms with Gasteiger partial charge in [0.05, 0.1) is 0 Å². The first-order chi connectivity index (χ1) is 1.41. The van der Waals surface area contributed by atoms with Crippen LogP contribution in [0.4, 0.5) is 0 Å². The molecule has 0 unspecified atom stereocenters. The third-order valence-electron chi connectivity index (χ3n) is 0. The van der Waals surface area contributed by atoms with Crippen LogP contribution in [0.15, 0.2) is 0 Å². The zero-order valence-corrected chi connectivity index (χ0v) is 4.46. The summed E-state index contributed by atoms with van der Waals surface area (Å²) in [6.07, 6.45) is 0. The van der Waals surface area contributed by atoms with Gasteiger partial charge < -0.3 is 5.11 Å². The standard InChI is InChI=1S/CH2O2.Sm/c2-1-3;/h1H,(H,2,3);. The van der Waals surface area contributed by atoms with Gasteiger partial charge in [-0.05, 0) is 0 Å². The first kappa shape index (κ1) is 8.84. The van der Waals surface area contributed by atoms with Gasteiger partial charge >= 0.3 is 0 Å². The molecule has 0 rings (SSSR count). The van der Waals surface area contributed by atoms with Crippen molar-refractivity contribution >= 4 is 6.47 Å². The van der Waals surface area contributed by atoms with Gasteiger partial charge in [0.1, 0.15) is 0 Å². The Bertz CT molecular complexity index is 13.5. The molecule has 24 valence electrons. The van der Waals surface area contributed by atoms with E-state index in [0.29, 0.717) is 0 Å². The summed E-state index contributed by atoms with van der Waals surface area (Å²) in [5, 5.41) is 6.89. The molecule has 0 atom stereocenters. The van der Waals surface area contributed by atoms with E-state index in [-0.39, 0.29) is 46.9 Å². The predicted molar refractivity (Wildman–Crippen MR) is 8.69 cm³/mol. The van der Waals surface area contributed by atoms with Crippen LogP contribution in [0.5, 0.6) is 0 Å².